The number of anilines is 1. The number of hydrogen-bond donors (Lipinski definition) is 2. The highest BCUT2D eigenvalue weighted by Crippen LogP contribution is 2.42. The molecule has 0 spiro atoms. The number of sulfonamides is 1. The first-order valence-electron chi connectivity index (χ1n) is 8.69. The highest BCUT2D eigenvalue weighted by atomic mass is 32.2. The van der Waals surface area contributed by atoms with E-state index in [0.717, 1.165) is 23.1 Å². The number of aryl methyl sites for hydroxylation is 1. The third-order valence-electron chi connectivity index (χ3n) is 4.76. The minimum absolute atomic E-state index is 0.0830. The fourth-order valence-corrected chi connectivity index (χ4v) is 4.79. The summed E-state index contributed by atoms with van der Waals surface area (Å²) in [6.45, 7) is 6.11. The average molecular weight is 359 g/mol. The molecule has 0 saturated heterocycles. The van der Waals surface area contributed by atoms with E-state index in [-0.39, 0.29) is 17.9 Å². The van der Waals surface area contributed by atoms with Crippen molar-refractivity contribution in [3.63, 3.8) is 0 Å². The minimum Gasteiger partial charge on any atom is -0.383 e. The largest absolute Gasteiger partial charge is 0.383 e. The van der Waals surface area contributed by atoms with E-state index in [4.69, 9.17) is 5.73 Å². The Morgan fingerprint density at radius 3 is 2.72 bits per heavy atom. The van der Waals surface area contributed by atoms with Gasteiger partial charge in [-0.15, -0.1) is 0 Å². The van der Waals surface area contributed by atoms with E-state index in [2.05, 4.69) is 29.6 Å². The molecule has 2 aromatic rings. The Morgan fingerprint density at radius 1 is 1.32 bits per heavy atom. The van der Waals surface area contributed by atoms with Crippen LogP contribution < -0.4 is 10.5 Å². The van der Waals surface area contributed by atoms with E-state index in [1.165, 1.54) is 0 Å². The first-order valence-corrected chi connectivity index (χ1v) is 10.2. The van der Waals surface area contributed by atoms with E-state index in [0.29, 0.717) is 17.1 Å². The Hall–Kier alpha value is -1.92. The lowest BCUT2D eigenvalue weighted by Gasteiger charge is -2.12. The van der Waals surface area contributed by atoms with Crippen LogP contribution in [-0.4, -0.2) is 19.4 Å². The highest BCUT2D eigenvalue weighted by Gasteiger charge is 2.42. The molecule has 2 unspecified atom stereocenters. The quantitative estimate of drug-likeness (QED) is 0.829. The van der Waals surface area contributed by atoms with Gasteiger partial charge in [-0.2, -0.15) is 0 Å². The average Bonchev–Trinajstić information content (AvgIpc) is 3.33. The maximum Gasteiger partial charge on any atom is 0.241 e. The van der Waals surface area contributed by atoms with Crippen LogP contribution >= 0.6 is 0 Å². The van der Waals surface area contributed by atoms with E-state index >= 15 is 0 Å². The number of nitrogens with one attached hydrogen (secondary N) is 1. The standard InChI is InChI=1S/C19H25N3O2S/c1-4-13-7-5-6-8-18(13)25(23,24)22-17-10-16(17)14-9-15(12(2)3)19(20)21-11-14/h5-9,11-12,16-17,22H,4,10H2,1-3H3,(H2,20,21). The molecule has 1 aliphatic rings. The van der Waals surface area contributed by atoms with Gasteiger partial charge in [0.1, 0.15) is 5.82 Å². The molecule has 0 bridgehead atoms. The molecule has 0 aliphatic heterocycles. The summed E-state index contributed by atoms with van der Waals surface area (Å²) in [7, 11) is -3.51. The van der Waals surface area contributed by atoms with Crippen molar-refractivity contribution < 1.29 is 8.42 Å². The van der Waals surface area contributed by atoms with Crippen LogP contribution in [0.3, 0.4) is 0 Å². The molecule has 5 nitrogen and oxygen atoms in total. The van der Waals surface area contributed by atoms with E-state index in [1.807, 2.05) is 19.1 Å². The number of hydrogen-bond acceptors (Lipinski definition) is 4. The molecule has 3 N–H and O–H groups in total. The first-order chi connectivity index (χ1) is 11.8. The molecular formula is C19H25N3O2S. The van der Waals surface area contributed by atoms with E-state index in [1.54, 1.807) is 18.3 Å². The van der Waals surface area contributed by atoms with Crippen LogP contribution in [0.1, 0.15) is 55.7 Å². The van der Waals surface area contributed by atoms with Crippen molar-refractivity contribution >= 4 is 15.8 Å². The molecule has 1 heterocycles. The summed E-state index contributed by atoms with van der Waals surface area (Å²) in [4.78, 5) is 4.65. The van der Waals surface area contributed by atoms with Gasteiger partial charge in [-0.05, 0) is 41.5 Å². The van der Waals surface area contributed by atoms with Crippen molar-refractivity contribution in [2.24, 2.45) is 0 Å². The van der Waals surface area contributed by atoms with Crippen LogP contribution in [-0.2, 0) is 16.4 Å². The molecule has 1 saturated carbocycles. The summed E-state index contributed by atoms with van der Waals surface area (Å²) in [6, 6.07) is 9.13. The summed E-state index contributed by atoms with van der Waals surface area (Å²) >= 11 is 0. The molecule has 1 aromatic heterocycles. The van der Waals surface area contributed by atoms with Crippen molar-refractivity contribution in [3.8, 4) is 0 Å². The number of aromatic nitrogens is 1. The molecule has 3 rings (SSSR count). The topological polar surface area (TPSA) is 85.1 Å². The van der Waals surface area contributed by atoms with Gasteiger partial charge in [0.15, 0.2) is 0 Å². The van der Waals surface area contributed by atoms with Gasteiger partial charge in [0.25, 0.3) is 0 Å². The van der Waals surface area contributed by atoms with Crippen LogP contribution in [0.15, 0.2) is 41.4 Å². The molecule has 25 heavy (non-hydrogen) atoms. The second-order valence-corrected chi connectivity index (χ2v) is 8.61. The predicted octanol–water partition coefficient (Wildman–Crippen LogP) is 3.18. The highest BCUT2D eigenvalue weighted by molar-refractivity contribution is 7.89. The second-order valence-electron chi connectivity index (χ2n) is 6.93. The lowest BCUT2D eigenvalue weighted by molar-refractivity contribution is 0.579. The van der Waals surface area contributed by atoms with Crippen molar-refractivity contribution in [2.45, 2.75) is 56.4 Å². The molecule has 0 amide bonds. The summed E-state index contributed by atoms with van der Waals surface area (Å²) in [5, 5.41) is 0. The molecule has 134 valence electrons. The summed E-state index contributed by atoms with van der Waals surface area (Å²) < 4.78 is 28.3. The monoisotopic (exact) mass is 359 g/mol. The van der Waals surface area contributed by atoms with Crippen molar-refractivity contribution in [1.29, 1.82) is 0 Å². The zero-order valence-electron chi connectivity index (χ0n) is 14.9. The van der Waals surface area contributed by atoms with Gasteiger partial charge in [-0.3, -0.25) is 0 Å². The van der Waals surface area contributed by atoms with Gasteiger partial charge in [-0.1, -0.05) is 45.0 Å². The lowest BCUT2D eigenvalue weighted by Crippen LogP contribution is -2.27. The van der Waals surface area contributed by atoms with Gasteiger partial charge in [0.05, 0.1) is 4.90 Å². The SMILES string of the molecule is CCc1ccccc1S(=O)(=O)NC1CC1c1cnc(N)c(C(C)C)c1. The van der Waals surface area contributed by atoms with Gasteiger partial charge in [0.2, 0.25) is 10.0 Å². The molecule has 1 fully saturated rings. The minimum atomic E-state index is -3.51. The molecule has 0 radical (unpaired) electrons. The fraction of sp³-hybridized carbons (Fsp3) is 0.421. The smallest absolute Gasteiger partial charge is 0.241 e. The molecular weight excluding hydrogens is 334 g/mol. The number of benzene rings is 1. The zero-order valence-corrected chi connectivity index (χ0v) is 15.7. The lowest BCUT2D eigenvalue weighted by atomic mass is 10.0. The van der Waals surface area contributed by atoms with Gasteiger partial charge in [0, 0.05) is 18.2 Å². The normalized spacial score (nSPS) is 20.0. The van der Waals surface area contributed by atoms with Crippen molar-refractivity contribution in [3.05, 3.63) is 53.2 Å². The third kappa shape index (κ3) is 3.70. The number of nitrogens with two attached hydrogens (primary N) is 1. The van der Waals surface area contributed by atoms with Crippen LogP contribution in [0.4, 0.5) is 5.82 Å². The summed E-state index contributed by atoms with van der Waals surface area (Å²) in [5.41, 5.74) is 8.84. The van der Waals surface area contributed by atoms with Crippen LogP contribution in [0.2, 0.25) is 0 Å². The number of nitrogen functional groups attached to an aromatic ring is 1. The third-order valence-corrected chi connectivity index (χ3v) is 6.35. The number of nitrogens with zero attached hydrogens (tertiary/aromatic N) is 1. The Labute approximate surface area is 149 Å². The summed E-state index contributed by atoms with van der Waals surface area (Å²) in [6.07, 6.45) is 3.24. The van der Waals surface area contributed by atoms with E-state index < -0.39 is 10.0 Å². The van der Waals surface area contributed by atoms with Gasteiger partial charge < -0.3 is 5.73 Å². The van der Waals surface area contributed by atoms with Gasteiger partial charge in [-0.25, -0.2) is 18.1 Å². The Balaban J connectivity index is 1.77. The van der Waals surface area contributed by atoms with Crippen LogP contribution in [0, 0.1) is 0 Å². The first kappa shape index (κ1) is 17.9. The molecule has 2 atom stereocenters. The summed E-state index contributed by atoms with van der Waals surface area (Å²) in [5.74, 6) is 1.00. The Kier molecular flexibility index (Phi) is 4.84. The molecule has 6 heteroatoms. The van der Waals surface area contributed by atoms with Crippen LogP contribution in [0.25, 0.3) is 0 Å². The second kappa shape index (κ2) is 6.77. The Morgan fingerprint density at radius 2 is 2.04 bits per heavy atom. The maximum atomic E-state index is 12.7. The predicted molar refractivity (Wildman–Crippen MR) is 100 cm³/mol. The van der Waals surface area contributed by atoms with Crippen molar-refractivity contribution in [2.75, 3.05) is 5.73 Å². The maximum absolute atomic E-state index is 12.7. The Bertz CT molecular complexity index is 878. The number of rotatable bonds is 6. The zero-order chi connectivity index (χ0) is 18.2. The van der Waals surface area contributed by atoms with Crippen molar-refractivity contribution in [1.82, 2.24) is 9.71 Å². The van der Waals surface area contributed by atoms with Gasteiger partial charge >= 0.3 is 0 Å². The fourth-order valence-electron chi connectivity index (χ4n) is 3.19. The van der Waals surface area contributed by atoms with Crippen LogP contribution in [0.5, 0.6) is 0 Å². The number of pyridine rings is 1. The molecule has 1 aromatic carbocycles. The molecule has 1 aliphatic carbocycles. The van der Waals surface area contributed by atoms with E-state index in [9.17, 15) is 8.42 Å².